The molecule has 22 heavy (non-hydrogen) atoms. The maximum atomic E-state index is 12.3. The normalized spacial score (nSPS) is 17.9. The molecule has 4 nitrogen and oxygen atoms in total. The van der Waals surface area contributed by atoms with Crippen LogP contribution in [0.1, 0.15) is 45.4 Å². The molecular formula is C17H23N3OS. The van der Waals surface area contributed by atoms with Crippen molar-refractivity contribution in [1.29, 1.82) is 0 Å². The zero-order valence-corrected chi connectivity index (χ0v) is 13.8. The molecule has 2 aromatic rings. The molecule has 0 saturated heterocycles. The van der Waals surface area contributed by atoms with Gasteiger partial charge in [0.1, 0.15) is 6.04 Å². The number of nitrogens with zero attached hydrogens (tertiary/aromatic N) is 1. The van der Waals surface area contributed by atoms with Gasteiger partial charge in [-0.25, -0.2) is 4.98 Å². The highest BCUT2D eigenvalue weighted by Gasteiger charge is 2.19. The number of anilines is 1. The summed E-state index contributed by atoms with van der Waals surface area (Å²) in [4.78, 5) is 16.9. The Labute approximate surface area is 135 Å². The van der Waals surface area contributed by atoms with Crippen LogP contribution in [0.15, 0.2) is 24.3 Å². The fraction of sp³-hybridized carbons (Fsp3) is 0.529. The summed E-state index contributed by atoms with van der Waals surface area (Å²) < 4.78 is 1.14. The molecule has 0 aliphatic heterocycles. The van der Waals surface area contributed by atoms with Gasteiger partial charge >= 0.3 is 0 Å². The number of carbonyl (C=O) groups excluding carboxylic acids is 1. The van der Waals surface area contributed by atoms with E-state index in [1.54, 1.807) is 11.3 Å². The topological polar surface area (TPSA) is 54.0 Å². The number of thiazole rings is 1. The Hall–Kier alpha value is -1.62. The number of rotatable bonds is 4. The van der Waals surface area contributed by atoms with E-state index < -0.39 is 0 Å². The maximum Gasteiger partial charge on any atom is 0.242 e. The summed E-state index contributed by atoms with van der Waals surface area (Å²) in [7, 11) is 0. The van der Waals surface area contributed by atoms with Crippen molar-refractivity contribution in [3.63, 3.8) is 0 Å². The summed E-state index contributed by atoms with van der Waals surface area (Å²) in [5.41, 5.74) is 0.978. The van der Waals surface area contributed by atoms with E-state index >= 15 is 0 Å². The zero-order chi connectivity index (χ0) is 15.4. The molecule has 0 bridgehead atoms. The highest BCUT2D eigenvalue weighted by atomic mass is 32.1. The molecule has 1 aliphatic rings. The van der Waals surface area contributed by atoms with Gasteiger partial charge in [0.25, 0.3) is 0 Å². The van der Waals surface area contributed by atoms with E-state index in [-0.39, 0.29) is 11.9 Å². The first-order valence-corrected chi connectivity index (χ1v) is 8.96. The molecule has 118 valence electrons. The summed E-state index contributed by atoms with van der Waals surface area (Å²) >= 11 is 1.59. The van der Waals surface area contributed by atoms with E-state index in [2.05, 4.69) is 21.7 Å². The third-order valence-electron chi connectivity index (χ3n) is 4.23. The Bertz CT molecular complexity index is 599. The van der Waals surface area contributed by atoms with Gasteiger partial charge in [0.15, 0.2) is 5.13 Å². The van der Waals surface area contributed by atoms with Gasteiger partial charge in [0.2, 0.25) is 5.91 Å². The molecule has 1 aromatic carbocycles. The van der Waals surface area contributed by atoms with Crippen LogP contribution in [0.3, 0.4) is 0 Å². The zero-order valence-electron chi connectivity index (χ0n) is 13.0. The number of aromatic nitrogens is 1. The van der Waals surface area contributed by atoms with Crippen molar-refractivity contribution in [1.82, 2.24) is 10.3 Å². The fourth-order valence-corrected chi connectivity index (χ4v) is 3.89. The van der Waals surface area contributed by atoms with Gasteiger partial charge in [-0.15, -0.1) is 0 Å². The van der Waals surface area contributed by atoms with Crippen molar-refractivity contribution in [3.05, 3.63) is 24.3 Å². The SMILES string of the molecule is CC(Nc1nc2ccccc2s1)C(=O)NC1CCCCCC1. The Morgan fingerprint density at radius 3 is 2.68 bits per heavy atom. The van der Waals surface area contributed by atoms with E-state index in [4.69, 9.17) is 0 Å². The minimum Gasteiger partial charge on any atom is -0.352 e. The summed E-state index contributed by atoms with van der Waals surface area (Å²) in [6.45, 7) is 1.90. The lowest BCUT2D eigenvalue weighted by Crippen LogP contribution is -2.43. The van der Waals surface area contributed by atoms with Gasteiger partial charge in [-0.3, -0.25) is 4.79 Å². The molecule has 1 saturated carbocycles. The number of amides is 1. The number of hydrogen-bond acceptors (Lipinski definition) is 4. The van der Waals surface area contributed by atoms with Crippen LogP contribution < -0.4 is 10.6 Å². The van der Waals surface area contributed by atoms with Crippen LogP contribution in [0, 0.1) is 0 Å². The first-order chi connectivity index (χ1) is 10.7. The van der Waals surface area contributed by atoms with Crippen LogP contribution in [0.2, 0.25) is 0 Å². The second-order valence-corrected chi connectivity index (χ2v) is 7.08. The molecule has 0 spiro atoms. The van der Waals surface area contributed by atoms with Crippen LogP contribution in [-0.4, -0.2) is 23.0 Å². The number of para-hydroxylation sites is 1. The largest absolute Gasteiger partial charge is 0.352 e. The predicted octanol–water partition coefficient (Wildman–Crippen LogP) is 3.94. The van der Waals surface area contributed by atoms with E-state index in [9.17, 15) is 4.79 Å². The van der Waals surface area contributed by atoms with E-state index in [1.165, 1.54) is 25.7 Å². The van der Waals surface area contributed by atoms with Crippen molar-refractivity contribution in [2.45, 2.75) is 57.5 Å². The lowest BCUT2D eigenvalue weighted by molar-refractivity contribution is -0.122. The van der Waals surface area contributed by atoms with Gasteiger partial charge in [0, 0.05) is 6.04 Å². The van der Waals surface area contributed by atoms with Gasteiger partial charge in [0.05, 0.1) is 10.2 Å². The molecule has 1 atom stereocenters. The summed E-state index contributed by atoms with van der Waals surface area (Å²) in [5.74, 6) is 0.0751. The number of hydrogen-bond donors (Lipinski definition) is 2. The molecule has 1 unspecified atom stereocenters. The average Bonchev–Trinajstić information content (AvgIpc) is 2.74. The molecular weight excluding hydrogens is 294 g/mol. The van der Waals surface area contributed by atoms with Crippen LogP contribution in [0.25, 0.3) is 10.2 Å². The van der Waals surface area contributed by atoms with Crippen LogP contribution in [0.4, 0.5) is 5.13 Å². The minimum atomic E-state index is -0.260. The molecule has 1 aromatic heterocycles. The van der Waals surface area contributed by atoms with Gasteiger partial charge < -0.3 is 10.6 Å². The summed E-state index contributed by atoms with van der Waals surface area (Å²) in [5, 5.41) is 7.23. The fourth-order valence-electron chi connectivity index (χ4n) is 2.93. The molecule has 5 heteroatoms. The van der Waals surface area contributed by atoms with Gasteiger partial charge in [-0.2, -0.15) is 0 Å². The number of nitrogens with one attached hydrogen (secondary N) is 2. The van der Waals surface area contributed by atoms with Crippen LogP contribution in [-0.2, 0) is 4.79 Å². The Morgan fingerprint density at radius 2 is 1.95 bits per heavy atom. The van der Waals surface area contributed by atoms with Crippen molar-refractivity contribution in [2.75, 3.05) is 5.32 Å². The van der Waals surface area contributed by atoms with E-state index in [1.807, 2.05) is 25.1 Å². The highest BCUT2D eigenvalue weighted by molar-refractivity contribution is 7.22. The molecule has 2 N–H and O–H groups in total. The number of benzene rings is 1. The van der Waals surface area contributed by atoms with Crippen molar-refractivity contribution in [2.24, 2.45) is 0 Å². The van der Waals surface area contributed by atoms with Crippen molar-refractivity contribution in [3.8, 4) is 0 Å². The minimum absolute atomic E-state index is 0.0751. The molecule has 3 rings (SSSR count). The quantitative estimate of drug-likeness (QED) is 0.840. The second-order valence-electron chi connectivity index (χ2n) is 6.05. The van der Waals surface area contributed by atoms with E-state index in [0.717, 1.165) is 28.2 Å². The number of carbonyl (C=O) groups is 1. The smallest absolute Gasteiger partial charge is 0.242 e. The average molecular weight is 317 g/mol. The van der Waals surface area contributed by atoms with Crippen molar-refractivity contribution < 1.29 is 4.79 Å². The Kier molecular flexibility index (Phi) is 4.93. The van der Waals surface area contributed by atoms with Gasteiger partial charge in [-0.05, 0) is 31.9 Å². The van der Waals surface area contributed by atoms with Crippen LogP contribution >= 0.6 is 11.3 Å². The van der Waals surface area contributed by atoms with Crippen molar-refractivity contribution >= 4 is 32.6 Å². The molecule has 1 heterocycles. The Morgan fingerprint density at radius 1 is 1.23 bits per heavy atom. The molecule has 1 aliphatic carbocycles. The molecule has 1 amide bonds. The Balaban J connectivity index is 1.58. The second kappa shape index (κ2) is 7.09. The first-order valence-electron chi connectivity index (χ1n) is 8.15. The lowest BCUT2D eigenvalue weighted by atomic mass is 10.1. The maximum absolute atomic E-state index is 12.3. The lowest BCUT2D eigenvalue weighted by Gasteiger charge is -2.19. The monoisotopic (exact) mass is 317 g/mol. The van der Waals surface area contributed by atoms with Gasteiger partial charge in [-0.1, -0.05) is 49.2 Å². The highest BCUT2D eigenvalue weighted by Crippen LogP contribution is 2.26. The van der Waals surface area contributed by atoms with Crippen LogP contribution in [0.5, 0.6) is 0 Å². The summed E-state index contributed by atoms with van der Waals surface area (Å²) in [6.07, 6.45) is 7.27. The number of fused-ring (bicyclic) bond motifs is 1. The third kappa shape index (κ3) is 3.77. The van der Waals surface area contributed by atoms with E-state index in [0.29, 0.717) is 6.04 Å². The summed E-state index contributed by atoms with van der Waals surface area (Å²) in [6, 6.07) is 8.11. The standard InChI is InChI=1S/C17H23N3OS/c1-12(16(21)19-13-8-4-2-3-5-9-13)18-17-20-14-10-6-7-11-15(14)22-17/h6-7,10-13H,2-5,8-9H2,1H3,(H,18,20)(H,19,21). The predicted molar refractivity (Wildman–Crippen MR) is 92.3 cm³/mol. The third-order valence-corrected chi connectivity index (χ3v) is 5.20. The molecule has 1 fully saturated rings. The molecule has 0 radical (unpaired) electrons. The first kappa shape index (κ1) is 15.3.